The largest absolute Gasteiger partial charge is 0.481 e. The van der Waals surface area contributed by atoms with Crippen molar-refractivity contribution in [3.05, 3.63) is 27.2 Å². The van der Waals surface area contributed by atoms with Crippen molar-refractivity contribution in [2.75, 3.05) is 13.1 Å². The Morgan fingerprint density at radius 2 is 2.04 bits per heavy atom. The van der Waals surface area contributed by atoms with E-state index in [0.29, 0.717) is 30.4 Å². The predicted molar refractivity (Wildman–Crippen MR) is 96.1 cm³/mol. The molecule has 1 fully saturated rings. The van der Waals surface area contributed by atoms with Gasteiger partial charge in [0.1, 0.15) is 0 Å². The average molecular weight is 360 g/mol. The lowest BCUT2D eigenvalue weighted by Crippen LogP contribution is -2.35. The van der Waals surface area contributed by atoms with Gasteiger partial charge in [0.2, 0.25) is 5.91 Å². The van der Waals surface area contributed by atoms with Crippen molar-refractivity contribution in [2.45, 2.75) is 40.0 Å². The second kappa shape index (κ2) is 6.26. The average Bonchev–Trinajstić information content (AvgIpc) is 3.09. The molecule has 1 aliphatic rings. The molecule has 0 saturated carbocycles. The second-order valence-corrected chi connectivity index (χ2v) is 7.43. The molecule has 0 aromatic carbocycles. The van der Waals surface area contributed by atoms with E-state index < -0.39 is 11.4 Å². The molecule has 1 amide bonds. The molecular weight excluding hydrogens is 336 g/mol. The highest BCUT2D eigenvalue weighted by Crippen LogP contribution is 2.30. The summed E-state index contributed by atoms with van der Waals surface area (Å²) in [6.45, 7) is 6.14. The van der Waals surface area contributed by atoms with Gasteiger partial charge in [-0.05, 0) is 44.7 Å². The minimum atomic E-state index is -0.863. The normalized spacial score (nSPS) is 20.1. The fourth-order valence-corrected chi connectivity index (χ4v) is 3.75. The van der Waals surface area contributed by atoms with Crippen molar-refractivity contribution < 1.29 is 14.7 Å². The number of aliphatic carboxylic acids is 1. The third-order valence-corrected chi connectivity index (χ3v) is 5.51. The van der Waals surface area contributed by atoms with E-state index in [4.69, 9.17) is 0 Å². The standard InChI is InChI=1S/C18H24N4O4/c1-10-12(11(2)19-15-14(10)16(24)20-21(15)4)5-6-13(23)22-8-7-18(3,9-22)17(25)26/h5-9H2,1-4H3,(H,20,24)(H,25,26). The minimum absolute atomic E-state index is 0.0594. The summed E-state index contributed by atoms with van der Waals surface area (Å²) in [6.07, 6.45) is 1.22. The van der Waals surface area contributed by atoms with Gasteiger partial charge in [-0.2, -0.15) is 0 Å². The molecule has 0 spiro atoms. The number of nitrogens with one attached hydrogen (secondary N) is 1. The molecule has 8 nitrogen and oxygen atoms in total. The molecule has 0 radical (unpaired) electrons. The van der Waals surface area contributed by atoms with Crippen LogP contribution in [-0.2, 0) is 23.1 Å². The summed E-state index contributed by atoms with van der Waals surface area (Å²) in [6, 6.07) is 0. The summed E-state index contributed by atoms with van der Waals surface area (Å²) in [7, 11) is 1.74. The topological polar surface area (TPSA) is 108 Å². The summed E-state index contributed by atoms with van der Waals surface area (Å²) < 4.78 is 1.60. The number of hydrogen-bond donors (Lipinski definition) is 2. The summed E-state index contributed by atoms with van der Waals surface area (Å²) >= 11 is 0. The third kappa shape index (κ3) is 2.89. The maximum atomic E-state index is 12.5. The fraction of sp³-hybridized carbons (Fsp3) is 0.556. The molecule has 3 rings (SSSR count). The zero-order valence-electron chi connectivity index (χ0n) is 15.5. The maximum Gasteiger partial charge on any atom is 0.311 e. The molecular formula is C18H24N4O4. The number of nitrogens with zero attached hydrogens (tertiary/aromatic N) is 3. The van der Waals surface area contributed by atoms with Gasteiger partial charge >= 0.3 is 5.97 Å². The van der Waals surface area contributed by atoms with E-state index in [9.17, 15) is 19.5 Å². The van der Waals surface area contributed by atoms with Crippen LogP contribution in [0.15, 0.2) is 4.79 Å². The smallest absolute Gasteiger partial charge is 0.311 e. The number of aromatic nitrogens is 3. The Bertz CT molecular complexity index is 958. The van der Waals surface area contributed by atoms with E-state index in [1.807, 2.05) is 13.8 Å². The summed E-state index contributed by atoms with van der Waals surface area (Å²) in [5.41, 5.74) is 2.11. The zero-order chi connectivity index (χ0) is 19.2. The monoisotopic (exact) mass is 360 g/mol. The summed E-state index contributed by atoms with van der Waals surface area (Å²) in [4.78, 5) is 42.1. The van der Waals surface area contributed by atoms with Gasteiger partial charge in [-0.25, -0.2) is 4.98 Å². The van der Waals surface area contributed by atoms with Crippen LogP contribution in [0.25, 0.3) is 11.0 Å². The molecule has 2 aromatic heterocycles. The molecule has 3 heterocycles. The highest BCUT2D eigenvalue weighted by molar-refractivity contribution is 5.82. The van der Waals surface area contributed by atoms with Crippen LogP contribution in [0.3, 0.4) is 0 Å². The molecule has 8 heteroatoms. The Morgan fingerprint density at radius 1 is 1.35 bits per heavy atom. The van der Waals surface area contributed by atoms with E-state index in [2.05, 4.69) is 10.1 Å². The number of amides is 1. The number of H-pyrrole nitrogens is 1. The molecule has 2 N–H and O–H groups in total. The number of carbonyl (C=O) groups excluding carboxylic acids is 1. The first-order valence-electron chi connectivity index (χ1n) is 8.70. The summed E-state index contributed by atoms with van der Waals surface area (Å²) in [5, 5.41) is 12.6. The number of hydrogen-bond acceptors (Lipinski definition) is 4. The molecule has 140 valence electrons. The van der Waals surface area contributed by atoms with E-state index in [1.54, 1.807) is 23.6 Å². The maximum absolute atomic E-state index is 12.5. The number of pyridine rings is 1. The number of fused-ring (bicyclic) bond motifs is 1. The van der Waals surface area contributed by atoms with Gasteiger partial charge in [-0.15, -0.1) is 0 Å². The Kier molecular flexibility index (Phi) is 4.37. The van der Waals surface area contributed by atoms with Crippen LogP contribution in [0.1, 0.15) is 36.6 Å². The first kappa shape index (κ1) is 18.2. The van der Waals surface area contributed by atoms with Gasteiger partial charge in [-0.1, -0.05) is 0 Å². The van der Waals surface area contributed by atoms with E-state index >= 15 is 0 Å². The van der Waals surface area contributed by atoms with Crippen molar-refractivity contribution >= 4 is 22.9 Å². The fourth-order valence-electron chi connectivity index (χ4n) is 3.75. The lowest BCUT2D eigenvalue weighted by molar-refractivity contribution is -0.147. The van der Waals surface area contributed by atoms with Gasteiger partial charge in [0.25, 0.3) is 5.56 Å². The van der Waals surface area contributed by atoms with Crippen molar-refractivity contribution in [2.24, 2.45) is 12.5 Å². The Hall–Kier alpha value is -2.64. The number of carboxylic acid groups (broad SMARTS) is 1. The van der Waals surface area contributed by atoms with E-state index in [-0.39, 0.29) is 24.4 Å². The lowest BCUT2D eigenvalue weighted by Gasteiger charge is -2.20. The molecule has 0 aliphatic carbocycles. The quantitative estimate of drug-likeness (QED) is 0.850. The zero-order valence-corrected chi connectivity index (χ0v) is 15.5. The van der Waals surface area contributed by atoms with Gasteiger partial charge < -0.3 is 10.0 Å². The van der Waals surface area contributed by atoms with Crippen LogP contribution >= 0.6 is 0 Å². The number of aryl methyl sites for hydroxylation is 3. The number of likely N-dealkylation sites (tertiary alicyclic amines) is 1. The number of rotatable bonds is 4. The third-order valence-electron chi connectivity index (χ3n) is 5.51. The lowest BCUT2D eigenvalue weighted by atomic mass is 9.90. The summed E-state index contributed by atoms with van der Waals surface area (Å²) in [5.74, 6) is -0.923. The van der Waals surface area contributed by atoms with Crippen molar-refractivity contribution in [1.82, 2.24) is 19.7 Å². The molecule has 26 heavy (non-hydrogen) atoms. The van der Waals surface area contributed by atoms with Crippen molar-refractivity contribution in [3.8, 4) is 0 Å². The minimum Gasteiger partial charge on any atom is -0.481 e. The molecule has 0 bridgehead atoms. The highest BCUT2D eigenvalue weighted by Gasteiger charge is 2.41. The van der Waals surface area contributed by atoms with Gasteiger partial charge in [0.15, 0.2) is 5.65 Å². The number of carbonyl (C=O) groups is 2. The molecule has 1 atom stereocenters. The molecule has 2 aromatic rings. The van der Waals surface area contributed by atoms with Crippen LogP contribution in [0, 0.1) is 19.3 Å². The Balaban J connectivity index is 1.78. The van der Waals surface area contributed by atoms with E-state index in [0.717, 1.165) is 16.8 Å². The van der Waals surface area contributed by atoms with Crippen LogP contribution in [0.4, 0.5) is 0 Å². The van der Waals surface area contributed by atoms with Gasteiger partial charge in [0.05, 0.1) is 10.8 Å². The first-order valence-corrected chi connectivity index (χ1v) is 8.70. The predicted octanol–water partition coefficient (Wildman–Crippen LogP) is 1.13. The van der Waals surface area contributed by atoms with Gasteiger partial charge in [0, 0.05) is 32.3 Å². The van der Waals surface area contributed by atoms with Crippen LogP contribution < -0.4 is 5.56 Å². The van der Waals surface area contributed by atoms with Crippen LogP contribution in [-0.4, -0.2) is 49.7 Å². The first-order chi connectivity index (χ1) is 12.1. The van der Waals surface area contributed by atoms with Crippen molar-refractivity contribution in [3.63, 3.8) is 0 Å². The van der Waals surface area contributed by atoms with Gasteiger partial charge in [-0.3, -0.25) is 24.2 Å². The SMILES string of the molecule is Cc1nc2c(c(C)c1CCC(=O)N1CCC(C)(C(=O)O)C1)c(=O)[nH]n2C. The second-order valence-electron chi connectivity index (χ2n) is 7.43. The van der Waals surface area contributed by atoms with E-state index in [1.165, 1.54) is 0 Å². The molecule has 1 saturated heterocycles. The molecule has 1 aliphatic heterocycles. The Labute approximate surface area is 150 Å². The van der Waals surface area contributed by atoms with Crippen LogP contribution in [0.2, 0.25) is 0 Å². The van der Waals surface area contributed by atoms with Crippen LogP contribution in [0.5, 0.6) is 0 Å². The highest BCUT2D eigenvalue weighted by atomic mass is 16.4. The number of carboxylic acids is 1. The van der Waals surface area contributed by atoms with Crippen molar-refractivity contribution in [1.29, 1.82) is 0 Å². The number of aromatic amines is 1. The Morgan fingerprint density at radius 3 is 2.65 bits per heavy atom. The molecule has 1 unspecified atom stereocenters.